The van der Waals surface area contributed by atoms with Gasteiger partial charge in [-0.1, -0.05) is 24.6 Å². The molecule has 0 radical (unpaired) electrons. The first-order valence-corrected chi connectivity index (χ1v) is 7.74. The lowest BCUT2D eigenvalue weighted by Crippen LogP contribution is -2.21. The molecule has 1 aromatic carbocycles. The molecule has 0 fully saturated rings. The van der Waals surface area contributed by atoms with Gasteiger partial charge in [0, 0.05) is 29.9 Å². The summed E-state index contributed by atoms with van der Waals surface area (Å²) in [6, 6.07) is 10.0. The molecule has 0 aliphatic heterocycles. The lowest BCUT2D eigenvalue weighted by Gasteiger charge is -2.22. The fourth-order valence-electron chi connectivity index (χ4n) is 2.36. The maximum atomic E-state index is 6.37. The Hall–Kier alpha value is -1.45. The van der Waals surface area contributed by atoms with Crippen molar-refractivity contribution in [1.82, 2.24) is 5.32 Å². The Bertz CT molecular complexity index is 580. The molecule has 0 saturated heterocycles. The van der Waals surface area contributed by atoms with Crippen LogP contribution in [0.25, 0.3) is 0 Å². The van der Waals surface area contributed by atoms with Gasteiger partial charge < -0.3 is 14.6 Å². The number of halogens is 1. The average molecular weight is 307 g/mol. The molecule has 0 bridgehead atoms. The van der Waals surface area contributed by atoms with Crippen LogP contribution in [0.3, 0.4) is 0 Å². The summed E-state index contributed by atoms with van der Waals surface area (Å²) >= 11 is 6.37. The van der Waals surface area contributed by atoms with Crippen molar-refractivity contribution in [3.8, 4) is 0 Å². The second-order valence-corrected chi connectivity index (χ2v) is 5.69. The van der Waals surface area contributed by atoms with Gasteiger partial charge in [-0.2, -0.15) is 0 Å². The molecule has 0 aliphatic rings. The van der Waals surface area contributed by atoms with E-state index in [1.807, 2.05) is 31.2 Å². The molecule has 0 spiro atoms. The van der Waals surface area contributed by atoms with Gasteiger partial charge in [0.1, 0.15) is 11.5 Å². The molecule has 0 atom stereocenters. The van der Waals surface area contributed by atoms with E-state index in [9.17, 15) is 0 Å². The molecule has 2 aromatic rings. The van der Waals surface area contributed by atoms with Gasteiger partial charge in [-0.25, -0.2) is 0 Å². The predicted octanol–water partition coefficient (Wildman–Crippen LogP) is 4.38. The summed E-state index contributed by atoms with van der Waals surface area (Å²) in [4.78, 5) is 2.17. The molecule has 1 aromatic heterocycles. The van der Waals surface area contributed by atoms with Crippen LogP contribution in [-0.2, 0) is 13.1 Å². The Morgan fingerprint density at radius 1 is 1.24 bits per heavy atom. The Morgan fingerprint density at radius 2 is 2.05 bits per heavy atom. The summed E-state index contributed by atoms with van der Waals surface area (Å²) in [6.07, 6.45) is 1.11. The Morgan fingerprint density at radius 3 is 2.71 bits per heavy atom. The van der Waals surface area contributed by atoms with E-state index in [4.69, 9.17) is 16.0 Å². The van der Waals surface area contributed by atoms with E-state index in [2.05, 4.69) is 30.3 Å². The van der Waals surface area contributed by atoms with Gasteiger partial charge >= 0.3 is 0 Å². The van der Waals surface area contributed by atoms with Crippen molar-refractivity contribution in [2.45, 2.75) is 33.4 Å². The molecular formula is C17H23ClN2O. The molecule has 0 unspecified atom stereocenters. The number of anilines is 1. The van der Waals surface area contributed by atoms with Crippen molar-refractivity contribution in [2.75, 3.05) is 18.5 Å². The third-order valence-electron chi connectivity index (χ3n) is 3.42. The van der Waals surface area contributed by atoms with Gasteiger partial charge in [-0.3, -0.25) is 0 Å². The minimum absolute atomic E-state index is 0.731. The van der Waals surface area contributed by atoms with Gasteiger partial charge in [0.2, 0.25) is 0 Å². The third-order valence-corrected chi connectivity index (χ3v) is 3.78. The number of hydrogen-bond donors (Lipinski definition) is 1. The van der Waals surface area contributed by atoms with Gasteiger partial charge in [-0.15, -0.1) is 0 Å². The van der Waals surface area contributed by atoms with Crippen LogP contribution in [0.15, 0.2) is 34.7 Å². The molecule has 1 heterocycles. The first-order chi connectivity index (χ1) is 10.1. The zero-order chi connectivity index (χ0) is 15.2. The van der Waals surface area contributed by atoms with Crippen LogP contribution in [0.1, 0.15) is 30.4 Å². The predicted molar refractivity (Wildman–Crippen MR) is 89.0 cm³/mol. The number of nitrogens with zero attached hydrogens (tertiary/aromatic N) is 1. The molecule has 0 aliphatic carbocycles. The number of nitrogens with one attached hydrogen (secondary N) is 1. The van der Waals surface area contributed by atoms with Crippen LogP contribution >= 0.6 is 11.6 Å². The topological polar surface area (TPSA) is 28.4 Å². The Labute approximate surface area is 131 Å². The van der Waals surface area contributed by atoms with Crippen LogP contribution in [0.5, 0.6) is 0 Å². The van der Waals surface area contributed by atoms with E-state index in [1.165, 1.54) is 0 Å². The van der Waals surface area contributed by atoms with Crippen LogP contribution in [0, 0.1) is 6.92 Å². The lowest BCUT2D eigenvalue weighted by molar-refractivity contribution is 0.481. The van der Waals surface area contributed by atoms with Gasteiger partial charge in [-0.05, 0) is 44.2 Å². The molecule has 114 valence electrons. The summed E-state index contributed by atoms with van der Waals surface area (Å²) in [5.41, 5.74) is 2.28. The zero-order valence-corrected chi connectivity index (χ0v) is 13.7. The second kappa shape index (κ2) is 7.53. The molecule has 21 heavy (non-hydrogen) atoms. The fraction of sp³-hybridized carbons (Fsp3) is 0.412. The molecular weight excluding hydrogens is 284 g/mol. The molecule has 0 saturated carbocycles. The minimum Gasteiger partial charge on any atom is -0.464 e. The summed E-state index contributed by atoms with van der Waals surface area (Å²) in [5, 5.41) is 4.23. The quantitative estimate of drug-likeness (QED) is 0.770. The van der Waals surface area contributed by atoms with Crippen molar-refractivity contribution in [3.05, 3.63) is 52.4 Å². The van der Waals surface area contributed by atoms with Crippen LogP contribution < -0.4 is 10.2 Å². The zero-order valence-electron chi connectivity index (χ0n) is 12.9. The van der Waals surface area contributed by atoms with Crippen LogP contribution in [-0.4, -0.2) is 13.6 Å². The summed E-state index contributed by atoms with van der Waals surface area (Å²) in [7, 11) is 2.06. The SMILES string of the molecule is CCCNCc1c(Cl)cccc1N(C)Cc1ccc(C)o1. The first-order valence-electron chi connectivity index (χ1n) is 7.36. The minimum atomic E-state index is 0.731. The maximum Gasteiger partial charge on any atom is 0.123 e. The monoisotopic (exact) mass is 306 g/mol. The highest BCUT2D eigenvalue weighted by atomic mass is 35.5. The Balaban J connectivity index is 2.15. The van der Waals surface area contributed by atoms with E-state index in [1.54, 1.807) is 0 Å². The molecule has 2 rings (SSSR count). The summed E-state index contributed by atoms with van der Waals surface area (Å²) in [5.74, 6) is 1.90. The number of furan rings is 1. The maximum absolute atomic E-state index is 6.37. The van der Waals surface area contributed by atoms with Crippen LogP contribution in [0.4, 0.5) is 5.69 Å². The van der Waals surface area contributed by atoms with E-state index in [0.29, 0.717) is 0 Å². The van der Waals surface area contributed by atoms with Gasteiger partial charge in [0.05, 0.1) is 6.54 Å². The van der Waals surface area contributed by atoms with Crippen molar-refractivity contribution in [3.63, 3.8) is 0 Å². The Kier molecular flexibility index (Phi) is 5.71. The van der Waals surface area contributed by atoms with Gasteiger partial charge in [0.25, 0.3) is 0 Å². The second-order valence-electron chi connectivity index (χ2n) is 5.28. The average Bonchev–Trinajstić information content (AvgIpc) is 2.86. The molecule has 1 N–H and O–H groups in total. The van der Waals surface area contributed by atoms with Crippen molar-refractivity contribution < 1.29 is 4.42 Å². The van der Waals surface area contributed by atoms with E-state index in [-0.39, 0.29) is 0 Å². The van der Waals surface area contributed by atoms with E-state index < -0.39 is 0 Å². The molecule has 0 amide bonds. The van der Waals surface area contributed by atoms with Gasteiger partial charge in [0.15, 0.2) is 0 Å². The summed E-state index contributed by atoms with van der Waals surface area (Å²) in [6.45, 7) is 6.62. The van der Waals surface area contributed by atoms with E-state index in [0.717, 1.165) is 53.8 Å². The lowest BCUT2D eigenvalue weighted by atomic mass is 10.1. The third kappa shape index (κ3) is 4.26. The highest BCUT2D eigenvalue weighted by Gasteiger charge is 2.12. The normalized spacial score (nSPS) is 10.9. The fourth-order valence-corrected chi connectivity index (χ4v) is 2.60. The van der Waals surface area contributed by atoms with Crippen molar-refractivity contribution >= 4 is 17.3 Å². The number of aryl methyl sites for hydroxylation is 1. The standard InChI is InChI=1S/C17H23ClN2O/c1-4-10-19-11-15-16(18)6-5-7-17(15)20(3)12-14-9-8-13(2)21-14/h5-9,19H,4,10-12H2,1-3H3. The van der Waals surface area contributed by atoms with Crippen molar-refractivity contribution in [1.29, 1.82) is 0 Å². The number of rotatable bonds is 7. The van der Waals surface area contributed by atoms with Crippen LogP contribution in [0.2, 0.25) is 5.02 Å². The largest absolute Gasteiger partial charge is 0.464 e. The first kappa shape index (κ1) is 15.9. The van der Waals surface area contributed by atoms with Crippen molar-refractivity contribution in [2.24, 2.45) is 0 Å². The smallest absolute Gasteiger partial charge is 0.123 e. The highest BCUT2D eigenvalue weighted by Crippen LogP contribution is 2.28. The highest BCUT2D eigenvalue weighted by molar-refractivity contribution is 6.31. The number of benzene rings is 1. The van der Waals surface area contributed by atoms with E-state index >= 15 is 0 Å². The number of hydrogen-bond acceptors (Lipinski definition) is 3. The molecule has 4 heteroatoms. The molecule has 3 nitrogen and oxygen atoms in total. The summed E-state index contributed by atoms with van der Waals surface area (Å²) < 4.78 is 5.65.